The van der Waals surface area contributed by atoms with Crippen molar-refractivity contribution in [3.05, 3.63) is 29.3 Å². The average Bonchev–Trinajstić information content (AvgIpc) is 2.98. The second-order valence-electron chi connectivity index (χ2n) is 6.15. The van der Waals surface area contributed by atoms with Crippen LogP contribution in [-0.4, -0.2) is 44.9 Å². The SMILES string of the molecule is COCC1CCN(C(CN)c2ccc3c(c2)CCO3)CC1. The van der Waals surface area contributed by atoms with Gasteiger partial charge in [0.15, 0.2) is 0 Å². The molecule has 0 aromatic heterocycles. The fourth-order valence-corrected chi connectivity index (χ4v) is 3.58. The van der Waals surface area contributed by atoms with Gasteiger partial charge in [0.05, 0.1) is 6.61 Å². The number of rotatable bonds is 5. The van der Waals surface area contributed by atoms with E-state index in [2.05, 4.69) is 23.1 Å². The Hall–Kier alpha value is -1.10. The third kappa shape index (κ3) is 3.23. The topological polar surface area (TPSA) is 47.7 Å². The molecule has 2 heterocycles. The molecule has 116 valence electrons. The Balaban J connectivity index is 1.68. The van der Waals surface area contributed by atoms with E-state index < -0.39 is 0 Å². The van der Waals surface area contributed by atoms with E-state index in [9.17, 15) is 0 Å². The van der Waals surface area contributed by atoms with Gasteiger partial charge < -0.3 is 15.2 Å². The van der Waals surface area contributed by atoms with Gasteiger partial charge in [0.25, 0.3) is 0 Å². The van der Waals surface area contributed by atoms with Crippen LogP contribution in [-0.2, 0) is 11.2 Å². The predicted octanol–water partition coefficient (Wildman–Crippen LogP) is 1.98. The van der Waals surface area contributed by atoms with Gasteiger partial charge in [-0.3, -0.25) is 4.90 Å². The molecule has 1 saturated heterocycles. The maximum Gasteiger partial charge on any atom is 0.122 e. The largest absolute Gasteiger partial charge is 0.493 e. The number of piperidine rings is 1. The number of nitrogens with zero attached hydrogens (tertiary/aromatic N) is 1. The highest BCUT2D eigenvalue weighted by Crippen LogP contribution is 2.31. The lowest BCUT2D eigenvalue weighted by Crippen LogP contribution is -2.40. The van der Waals surface area contributed by atoms with E-state index in [4.69, 9.17) is 15.2 Å². The molecule has 3 rings (SSSR count). The van der Waals surface area contributed by atoms with Gasteiger partial charge >= 0.3 is 0 Å². The second kappa shape index (κ2) is 6.77. The predicted molar refractivity (Wildman–Crippen MR) is 83.6 cm³/mol. The molecule has 0 radical (unpaired) electrons. The lowest BCUT2D eigenvalue weighted by Gasteiger charge is -2.37. The van der Waals surface area contributed by atoms with Crippen molar-refractivity contribution in [2.24, 2.45) is 11.7 Å². The van der Waals surface area contributed by atoms with Gasteiger partial charge in [-0.2, -0.15) is 0 Å². The number of hydrogen-bond acceptors (Lipinski definition) is 4. The molecule has 21 heavy (non-hydrogen) atoms. The van der Waals surface area contributed by atoms with E-state index in [-0.39, 0.29) is 0 Å². The Labute approximate surface area is 127 Å². The van der Waals surface area contributed by atoms with E-state index in [1.54, 1.807) is 7.11 Å². The summed E-state index contributed by atoms with van der Waals surface area (Å²) in [5, 5.41) is 0. The first-order chi connectivity index (χ1) is 10.3. The maximum atomic E-state index is 6.08. The van der Waals surface area contributed by atoms with E-state index in [1.165, 1.54) is 24.0 Å². The number of hydrogen-bond donors (Lipinski definition) is 1. The Kier molecular flexibility index (Phi) is 4.78. The maximum absolute atomic E-state index is 6.08. The first kappa shape index (κ1) is 14.8. The summed E-state index contributed by atoms with van der Waals surface area (Å²) in [6, 6.07) is 6.92. The van der Waals surface area contributed by atoms with Gasteiger partial charge in [-0.1, -0.05) is 12.1 Å². The Bertz CT molecular complexity index is 470. The monoisotopic (exact) mass is 290 g/mol. The molecule has 1 aromatic rings. The molecule has 0 spiro atoms. The van der Waals surface area contributed by atoms with Crippen LogP contribution in [0.1, 0.15) is 30.0 Å². The van der Waals surface area contributed by atoms with Crippen molar-refractivity contribution in [3.63, 3.8) is 0 Å². The van der Waals surface area contributed by atoms with Crippen LogP contribution in [0.2, 0.25) is 0 Å². The highest BCUT2D eigenvalue weighted by molar-refractivity contribution is 5.41. The smallest absolute Gasteiger partial charge is 0.122 e. The fraction of sp³-hybridized carbons (Fsp3) is 0.647. The van der Waals surface area contributed by atoms with Crippen molar-refractivity contribution in [2.45, 2.75) is 25.3 Å². The molecule has 1 atom stereocenters. The minimum Gasteiger partial charge on any atom is -0.493 e. The number of benzene rings is 1. The van der Waals surface area contributed by atoms with Gasteiger partial charge in [0, 0.05) is 32.7 Å². The molecule has 1 aromatic carbocycles. The van der Waals surface area contributed by atoms with Crippen molar-refractivity contribution in [1.29, 1.82) is 0 Å². The molecule has 1 fully saturated rings. The normalized spacial score (nSPS) is 21.0. The van der Waals surface area contributed by atoms with Crippen LogP contribution in [0.25, 0.3) is 0 Å². The van der Waals surface area contributed by atoms with Crippen LogP contribution in [0.3, 0.4) is 0 Å². The molecular formula is C17H26N2O2. The highest BCUT2D eigenvalue weighted by atomic mass is 16.5. The van der Waals surface area contributed by atoms with Gasteiger partial charge in [-0.25, -0.2) is 0 Å². The van der Waals surface area contributed by atoms with Gasteiger partial charge in [-0.15, -0.1) is 0 Å². The van der Waals surface area contributed by atoms with Crippen LogP contribution >= 0.6 is 0 Å². The van der Waals surface area contributed by atoms with Crippen LogP contribution in [0, 0.1) is 5.92 Å². The summed E-state index contributed by atoms with van der Waals surface area (Å²) in [5.74, 6) is 1.76. The summed E-state index contributed by atoms with van der Waals surface area (Å²) in [7, 11) is 1.79. The van der Waals surface area contributed by atoms with Crippen LogP contribution < -0.4 is 10.5 Å². The van der Waals surface area contributed by atoms with Crippen molar-refractivity contribution < 1.29 is 9.47 Å². The standard InChI is InChI=1S/C17H26N2O2/c1-20-12-13-4-7-19(8-5-13)16(11-18)14-2-3-17-15(10-14)6-9-21-17/h2-3,10,13,16H,4-9,11-12,18H2,1H3. The fourth-order valence-electron chi connectivity index (χ4n) is 3.58. The summed E-state index contributed by atoms with van der Waals surface area (Å²) in [5.41, 5.74) is 8.75. The first-order valence-electron chi connectivity index (χ1n) is 8.00. The van der Waals surface area contributed by atoms with Crippen molar-refractivity contribution >= 4 is 0 Å². The Morgan fingerprint density at radius 1 is 1.38 bits per heavy atom. The van der Waals surface area contributed by atoms with Gasteiger partial charge in [0.1, 0.15) is 5.75 Å². The van der Waals surface area contributed by atoms with Crippen LogP contribution in [0.15, 0.2) is 18.2 Å². The zero-order valence-corrected chi connectivity index (χ0v) is 12.9. The highest BCUT2D eigenvalue weighted by Gasteiger charge is 2.26. The average molecular weight is 290 g/mol. The molecule has 4 nitrogen and oxygen atoms in total. The summed E-state index contributed by atoms with van der Waals surface area (Å²) in [6.07, 6.45) is 3.44. The van der Waals surface area contributed by atoms with E-state index >= 15 is 0 Å². The summed E-state index contributed by atoms with van der Waals surface area (Å²) >= 11 is 0. The quantitative estimate of drug-likeness (QED) is 0.901. The van der Waals surface area contributed by atoms with E-state index in [1.807, 2.05) is 0 Å². The Morgan fingerprint density at radius 3 is 2.90 bits per heavy atom. The number of likely N-dealkylation sites (tertiary alicyclic amines) is 1. The zero-order valence-electron chi connectivity index (χ0n) is 12.9. The molecule has 4 heteroatoms. The first-order valence-corrected chi connectivity index (χ1v) is 8.00. The molecule has 0 aliphatic carbocycles. The third-order valence-corrected chi connectivity index (χ3v) is 4.81. The number of ether oxygens (including phenoxy) is 2. The molecule has 0 amide bonds. The lowest BCUT2D eigenvalue weighted by molar-refractivity contribution is 0.0810. The van der Waals surface area contributed by atoms with Crippen molar-refractivity contribution in [1.82, 2.24) is 4.90 Å². The molecule has 2 aliphatic rings. The molecular weight excluding hydrogens is 264 g/mol. The number of methoxy groups -OCH3 is 1. The summed E-state index contributed by atoms with van der Waals surface area (Å²) in [6.45, 7) is 4.60. The summed E-state index contributed by atoms with van der Waals surface area (Å²) in [4.78, 5) is 2.53. The van der Waals surface area contributed by atoms with Crippen LogP contribution in [0.4, 0.5) is 0 Å². The van der Waals surface area contributed by atoms with Crippen LogP contribution in [0.5, 0.6) is 5.75 Å². The lowest BCUT2D eigenvalue weighted by atomic mass is 9.94. The molecule has 2 aliphatic heterocycles. The minimum atomic E-state index is 0.333. The molecule has 2 N–H and O–H groups in total. The zero-order chi connectivity index (χ0) is 14.7. The second-order valence-corrected chi connectivity index (χ2v) is 6.15. The number of fused-ring (bicyclic) bond motifs is 1. The van der Waals surface area contributed by atoms with Gasteiger partial charge in [-0.05, 0) is 49.0 Å². The van der Waals surface area contributed by atoms with Gasteiger partial charge in [0.2, 0.25) is 0 Å². The third-order valence-electron chi connectivity index (χ3n) is 4.81. The molecule has 0 saturated carbocycles. The minimum absolute atomic E-state index is 0.333. The molecule has 1 unspecified atom stereocenters. The van der Waals surface area contributed by atoms with Crippen molar-refractivity contribution in [2.75, 3.05) is 40.0 Å². The Morgan fingerprint density at radius 2 is 2.19 bits per heavy atom. The van der Waals surface area contributed by atoms with E-state index in [0.717, 1.165) is 38.5 Å². The van der Waals surface area contributed by atoms with Crippen molar-refractivity contribution in [3.8, 4) is 5.75 Å². The number of nitrogens with two attached hydrogens (primary N) is 1. The van der Waals surface area contributed by atoms with E-state index in [0.29, 0.717) is 18.5 Å². The summed E-state index contributed by atoms with van der Waals surface area (Å²) < 4.78 is 10.9. The molecule has 0 bridgehead atoms.